The van der Waals surface area contributed by atoms with Crippen LogP contribution in [-0.2, 0) is 0 Å². The molecule has 19 heavy (non-hydrogen) atoms. The van der Waals surface area contributed by atoms with Crippen LogP contribution in [0.2, 0.25) is 0 Å². The Morgan fingerprint density at radius 2 is 2.05 bits per heavy atom. The van der Waals surface area contributed by atoms with Crippen LogP contribution in [0.3, 0.4) is 0 Å². The van der Waals surface area contributed by atoms with Crippen LogP contribution in [0.1, 0.15) is 23.5 Å². The van der Waals surface area contributed by atoms with Crippen LogP contribution in [0.4, 0.5) is 0 Å². The Balaban J connectivity index is 2.19. The van der Waals surface area contributed by atoms with Gasteiger partial charge in [-0.25, -0.2) is 0 Å². The topological polar surface area (TPSA) is 46.3 Å². The molecule has 2 rings (SSSR count). The first kappa shape index (κ1) is 14.0. The maximum Gasteiger partial charge on any atom is 0.263 e. The van der Waals surface area contributed by atoms with Gasteiger partial charge < -0.3 is 10.6 Å². The second-order valence-corrected chi connectivity index (χ2v) is 6.76. The van der Waals surface area contributed by atoms with Gasteiger partial charge in [0.25, 0.3) is 5.91 Å². The number of nitrogens with zero attached hydrogens (tertiary/aromatic N) is 1. The average molecular weight is 276 g/mol. The highest BCUT2D eigenvalue weighted by Gasteiger charge is 2.22. The highest BCUT2D eigenvalue weighted by molar-refractivity contribution is 7.20. The normalized spacial score (nSPS) is 11.8. The summed E-state index contributed by atoms with van der Waals surface area (Å²) in [6.45, 7) is 5.37. The molecule has 1 aromatic heterocycles. The van der Waals surface area contributed by atoms with E-state index < -0.39 is 0 Å². The highest BCUT2D eigenvalue weighted by Crippen LogP contribution is 2.26. The van der Waals surface area contributed by atoms with Gasteiger partial charge in [0, 0.05) is 18.3 Å². The molecule has 0 atom stereocenters. The summed E-state index contributed by atoms with van der Waals surface area (Å²) in [5, 5.41) is 1.13. The Kier molecular flexibility index (Phi) is 3.92. The Labute approximate surface area is 118 Å². The minimum Gasteiger partial charge on any atom is -0.340 e. The van der Waals surface area contributed by atoms with Crippen molar-refractivity contribution in [1.29, 1.82) is 0 Å². The van der Waals surface area contributed by atoms with Gasteiger partial charge in [0.15, 0.2) is 0 Å². The van der Waals surface area contributed by atoms with Gasteiger partial charge in [-0.2, -0.15) is 0 Å². The second kappa shape index (κ2) is 5.31. The van der Waals surface area contributed by atoms with E-state index in [4.69, 9.17) is 5.73 Å². The molecule has 4 heteroatoms. The quantitative estimate of drug-likeness (QED) is 0.933. The van der Waals surface area contributed by atoms with E-state index in [9.17, 15) is 4.79 Å². The smallest absolute Gasteiger partial charge is 0.263 e. The molecule has 0 aliphatic heterocycles. The van der Waals surface area contributed by atoms with Crippen molar-refractivity contribution in [3.8, 4) is 0 Å². The fraction of sp³-hybridized carbons (Fsp3) is 0.400. The minimum atomic E-state index is -0.0545. The number of carbonyl (C=O) groups excluding carboxylic acids is 1. The fourth-order valence-electron chi connectivity index (χ4n) is 2.05. The molecule has 2 aromatic rings. The molecule has 0 bridgehead atoms. The molecule has 0 fully saturated rings. The molecule has 0 aliphatic rings. The van der Waals surface area contributed by atoms with Crippen LogP contribution in [0.15, 0.2) is 30.3 Å². The number of carbonyl (C=O) groups is 1. The molecule has 0 radical (unpaired) electrons. The maximum atomic E-state index is 12.4. The third-order valence-corrected chi connectivity index (χ3v) is 4.30. The lowest BCUT2D eigenvalue weighted by molar-refractivity contribution is 0.0745. The summed E-state index contributed by atoms with van der Waals surface area (Å²) in [5.41, 5.74) is 5.66. The number of rotatable bonds is 4. The molecular formula is C15H20N2OS. The number of benzene rings is 1. The van der Waals surface area contributed by atoms with Crippen molar-refractivity contribution in [3.63, 3.8) is 0 Å². The van der Waals surface area contributed by atoms with E-state index in [1.165, 1.54) is 0 Å². The largest absolute Gasteiger partial charge is 0.340 e. The van der Waals surface area contributed by atoms with Crippen molar-refractivity contribution < 1.29 is 4.79 Å². The zero-order valence-corrected chi connectivity index (χ0v) is 12.5. The zero-order chi connectivity index (χ0) is 14.0. The van der Waals surface area contributed by atoms with Crippen LogP contribution in [-0.4, -0.2) is 30.9 Å². The summed E-state index contributed by atoms with van der Waals surface area (Å²) in [4.78, 5) is 15.0. The fourth-order valence-corrected chi connectivity index (χ4v) is 3.11. The van der Waals surface area contributed by atoms with Crippen LogP contribution in [0.5, 0.6) is 0 Å². The van der Waals surface area contributed by atoms with Crippen molar-refractivity contribution in [1.82, 2.24) is 4.90 Å². The summed E-state index contributed by atoms with van der Waals surface area (Å²) in [6.07, 6.45) is 0. The maximum absolute atomic E-state index is 12.4. The van der Waals surface area contributed by atoms with Crippen LogP contribution < -0.4 is 5.73 Å². The Hall–Kier alpha value is -1.39. The molecule has 1 amide bonds. The third-order valence-electron chi connectivity index (χ3n) is 3.20. The monoisotopic (exact) mass is 276 g/mol. The number of nitrogens with two attached hydrogens (primary N) is 1. The lowest BCUT2D eigenvalue weighted by atomic mass is 9.93. The second-order valence-electron chi connectivity index (χ2n) is 5.68. The number of thiophene rings is 1. The first-order valence-corrected chi connectivity index (χ1v) is 7.19. The molecular weight excluding hydrogens is 256 g/mol. The van der Waals surface area contributed by atoms with Crippen LogP contribution >= 0.6 is 11.3 Å². The van der Waals surface area contributed by atoms with Crippen molar-refractivity contribution in [2.24, 2.45) is 11.1 Å². The van der Waals surface area contributed by atoms with Gasteiger partial charge in [-0.05, 0) is 29.5 Å². The summed E-state index contributed by atoms with van der Waals surface area (Å²) >= 11 is 1.54. The van der Waals surface area contributed by atoms with Crippen molar-refractivity contribution in [2.75, 3.05) is 20.1 Å². The summed E-state index contributed by atoms with van der Waals surface area (Å²) in [5.74, 6) is 0.0720. The van der Waals surface area contributed by atoms with E-state index in [1.54, 1.807) is 16.2 Å². The third kappa shape index (κ3) is 3.14. The molecule has 0 saturated carbocycles. The Bertz CT molecular complexity index is 556. The number of amides is 1. The lowest BCUT2D eigenvalue weighted by Gasteiger charge is -2.28. The van der Waals surface area contributed by atoms with Gasteiger partial charge in [-0.3, -0.25) is 4.79 Å². The standard InChI is InChI=1S/C15H20N2OS/c1-15(2,9-16)10-17(3)14(18)13-8-11-6-4-5-7-12(11)19-13/h4-8H,9-10,16H2,1-3H3. The SMILES string of the molecule is CN(CC(C)(C)CN)C(=O)c1cc2ccccc2s1. The molecule has 0 aliphatic carbocycles. The Morgan fingerprint density at radius 3 is 2.68 bits per heavy atom. The van der Waals surface area contributed by atoms with Crippen molar-refractivity contribution >= 4 is 27.3 Å². The highest BCUT2D eigenvalue weighted by atomic mass is 32.1. The van der Waals surface area contributed by atoms with Gasteiger partial charge in [0.1, 0.15) is 0 Å². The van der Waals surface area contributed by atoms with Crippen molar-refractivity contribution in [2.45, 2.75) is 13.8 Å². The van der Waals surface area contributed by atoms with E-state index in [2.05, 4.69) is 13.8 Å². The minimum absolute atomic E-state index is 0.0545. The summed E-state index contributed by atoms with van der Waals surface area (Å²) in [7, 11) is 1.84. The lowest BCUT2D eigenvalue weighted by Crippen LogP contribution is -2.39. The van der Waals surface area contributed by atoms with E-state index in [0.29, 0.717) is 13.1 Å². The summed E-state index contributed by atoms with van der Waals surface area (Å²) in [6, 6.07) is 10.0. The van der Waals surface area contributed by atoms with Crippen molar-refractivity contribution in [3.05, 3.63) is 35.2 Å². The van der Waals surface area contributed by atoms with Gasteiger partial charge in [-0.1, -0.05) is 32.0 Å². The predicted molar refractivity (Wildman–Crippen MR) is 81.6 cm³/mol. The molecule has 0 saturated heterocycles. The molecule has 0 spiro atoms. The van der Waals surface area contributed by atoms with E-state index in [-0.39, 0.29) is 11.3 Å². The summed E-state index contributed by atoms with van der Waals surface area (Å²) < 4.78 is 1.15. The van der Waals surface area contributed by atoms with Gasteiger partial charge in [-0.15, -0.1) is 11.3 Å². The van der Waals surface area contributed by atoms with Crippen LogP contribution in [0.25, 0.3) is 10.1 Å². The molecule has 0 unspecified atom stereocenters. The average Bonchev–Trinajstić information content (AvgIpc) is 2.81. The van der Waals surface area contributed by atoms with E-state index in [0.717, 1.165) is 15.0 Å². The molecule has 1 heterocycles. The molecule has 102 valence electrons. The van der Waals surface area contributed by atoms with Gasteiger partial charge in [0.2, 0.25) is 0 Å². The number of hydrogen-bond acceptors (Lipinski definition) is 3. The van der Waals surface area contributed by atoms with E-state index >= 15 is 0 Å². The predicted octanol–water partition coefficient (Wildman–Crippen LogP) is 2.96. The molecule has 3 nitrogen and oxygen atoms in total. The number of hydrogen-bond donors (Lipinski definition) is 1. The van der Waals surface area contributed by atoms with E-state index in [1.807, 2.05) is 37.4 Å². The zero-order valence-electron chi connectivity index (χ0n) is 11.6. The Morgan fingerprint density at radius 1 is 1.37 bits per heavy atom. The van der Waals surface area contributed by atoms with Crippen LogP contribution in [0, 0.1) is 5.41 Å². The first-order chi connectivity index (χ1) is 8.93. The number of fused-ring (bicyclic) bond motifs is 1. The van der Waals surface area contributed by atoms with Gasteiger partial charge >= 0.3 is 0 Å². The molecule has 2 N–H and O–H groups in total. The van der Waals surface area contributed by atoms with Gasteiger partial charge in [0.05, 0.1) is 4.88 Å². The first-order valence-electron chi connectivity index (χ1n) is 6.37. The molecule has 1 aromatic carbocycles.